The molecule has 19 heavy (non-hydrogen) atoms. The number of carbonyl (C=O) groups excluding carboxylic acids is 1. The van der Waals surface area contributed by atoms with E-state index in [9.17, 15) is 19.4 Å². The number of phenols is 2. The molecule has 3 N–H and O–H groups in total. The number of aromatic hydroxyl groups is 2. The van der Waals surface area contributed by atoms with Gasteiger partial charge in [-0.15, -0.1) is 0 Å². The average molecular weight is 261 g/mol. The van der Waals surface area contributed by atoms with E-state index >= 15 is 0 Å². The van der Waals surface area contributed by atoms with Crippen molar-refractivity contribution in [3.05, 3.63) is 53.3 Å². The van der Waals surface area contributed by atoms with Gasteiger partial charge in [-0.3, -0.25) is 4.79 Å². The number of amides is 1. The summed E-state index contributed by atoms with van der Waals surface area (Å²) >= 11 is 0. The first-order valence-corrected chi connectivity index (χ1v) is 5.56. The fraction of sp³-hybridized carbons (Fsp3) is 0.0714. The number of benzene rings is 2. The third-order valence-corrected chi connectivity index (χ3v) is 2.58. The van der Waals surface area contributed by atoms with Gasteiger partial charge in [-0.1, -0.05) is 0 Å². The smallest absolute Gasteiger partial charge is 0.255 e. The summed E-state index contributed by atoms with van der Waals surface area (Å²) in [7, 11) is 0. The molecule has 0 saturated heterocycles. The molecule has 2 aromatic carbocycles. The van der Waals surface area contributed by atoms with Crippen LogP contribution in [0.15, 0.2) is 36.4 Å². The molecular formula is C14H12FNO3. The SMILES string of the molecule is Cc1cc(NC(=O)c2cc(O)cc(O)c2)ccc1F. The highest BCUT2D eigenvalue weighted by molar-refractivity contribution is 6.04. The molecule has 0 aromatic heterocycles. The fourth-order valence-electron chi connectivity index (χ4n) is 1.65. The lowest BCUT2D eigenvalue weighted by Crippen LogP contribution is -2.11. The van der Waals surface area contributed by atoms with Crippen LogP contribution in [-0.4, -0.2) is 16.1 Å². The van der Waals surface area contributed by atoms with E-state index in [1.807, 2.05) is 0 Å². The number of nitrogens with one attached hydrogen (secondary N) is 1. The van der Waals surface area contributed by atoms with Crippen LogP contribution in [0, 0.1) is 12.7 Å². The van der Waals surface area contributed by atoms with E-state index in [0.717, 1.165) is 6.07 Å². The summed E-state index contributed by atoms with van der Waals surface area (Å²) in [6.45, 7) is 1.59. The molecule has 0 spiro atoms. The summed E-state index contributed by atoms with van der Waals surface area (Å²) in [5, 5.41) is 21.2. The Balaban J connectivity index is 2.22. The number of rotatable bonds is 2. The first-order valence-electron chi connectivity index (χ1n) is 5.56. The third kappa shape index (κ3) is 3.01. The van der Waals surface area contributed by atoms with Crippen LogP contribution in [0.1, 0.15) is 15.9 Å². The highest BCUT2D eigenvalue weighted by Crippen LogP contribution is 2.21. The maximum absolute atomic E-state index is 13.1. The Bertz CT molecular complexity index is 620. The maximum Gasteiger partial charge on any atom is 0.255 e. The van der Waals surface area contributed by atoms with Crippen molar-refractivity contribution in [2.75, 3.05) is 5.32 Å². The van der Waals surface area contributed by atoms with Crippen LogP contribution < -0.4 is 5.32 Å². The summed E-state index contributed by atoms with van der Waals surface area (Å²) in [5.74, 6) is -1.27. The van der Waals surface area contributed by atoms with Crippen molar-refractivity contribution in [1.29, 1.82) is 0 Å². The molecule has 0 radical (unpaired) electrons. The van der Waals surface area contributed by atoms with E-state index < -0.39 is 5.91 Å². The third-order valence-electron chi connectivity index (χ3n) is 2.58. The number of hydrogen-bond donors (Lipinski definition) is 3. The number of carbonyl (C=O) groups is 1. The Kier molecular flexibility index (Phi) is 3.37. The molecule has 0 aliphatic rings. The molecule has 5 heteroatoms. The van der Waals surface area contributed by atoms with E-state index in [2.05, 4.69) is 5.32 Å². The van der Waals surface area contributed by atoms with Crippen LogP contribution >= 0.6 is 0 Å². The first kappa shape index (κ1) is 12.9. The Morgan fingerprint density at radius 1 is 1.11 bits per heavy atom. The first-order chi connectivity index (χ1) is 8.95. The molecule has 0 heterocycles. The molecular weight excluding hydrogens is 249 g/mol. The molecule has 4 nitrogen and oxygen atoms in total. The molecule has 0 bridgehead atoms. The van der Waals surface area contributed by atoms with E-state index in [4.69, 9.17) is 0 Å². The second kappa shape index (κ2) is 4.97. The lowest BCUT2D eigenvalue weighted by atomic mass is 10.1. The molecule has 0 aliphatic carbocycles. The van der Waals surface area contributed by atoms with Gasteiger partial charge in [0.25, 0.3) is 5.91 Å². The zero-order valence-corrected chi connectivity index (χ0v) is 10.1. The Hall–Kier alpha value is -2.56. The molecule has 2 aromatic rings. The van der Waals surface area contributed by atoms with Crippen molar-refractivity contribution in [3.63, 3.8) is 0 Å². The summed E-state index contributed by atoms with van der Waals surface area (Å²) in [5.41, 5.74) is 0.961. The number of phenolic OH excluding ortho intramolecular Hbond substituents is 2. The van der Waals surface area contributed by atoms with Gasteiger partial charge in [-0.05, 0) is 42.8 Å². The second-order valence-corrected chi connectivity index (χ2v) is 4.16. The van der Waals surface area contributed by atoms with Crippen molar-refractivity contribution in [3.8, 4) is 11.5 Å². The van der Waals surface area contributed by atoms with Gasteiger partial charge >= 0.3 is 0 Å². The maximum atomic E-state index is 13.1. The molecule has 0 fully saturated rings. The zero-order valence-electron chi connectivity index (χ0n) is 10.1. The van der Waals surface area contributed by atoms with Gasteiger partial charge in [0, 0.05) is 17.3 Å². The van der Waals surface area contributed by atoms with Crippen molar-refractivity contribution in [1.82, 2.24) is 0 Å². The monoisotopic (exact) mass is 261 g/mol. The molecule has 0 atom stereocenters. The number of halogens is 1. The van der Waals surface area contributed by atoms with E-state index in [1.165, 1.54) is 30.3 Å². The number of aryl methyl sites for hydroxylation is 1. The minimum absolute atomic E-state index is 0.111. The Labute approximate surface area is 109 Å². The van der Waals surface area contributed by atoms with Gasteiger partial charge in [-0.25, -0.2) is 4.39 Å². The van der Waals surface area contributed by atoms with Crippen molar-refractivity contribution < 1.29 is 19.4 Å². The van der Waals surface area contributed by atoms with Crippen LogP contribution in [0.5, 0.6) is 11.5 Å². The largest absolute Gasteiger partial charge is 0.508 e. The number of hydrogen-bond acceptors (Lipinski definition) is 3. The molecule has 1 amide bonds. The summed E-state index contributed by atoms with van der Waals surface area (Å²) in [4.78, 5) is 11.9. The molecule has 0 unspecified atom stereocenters. The topological polar surface area (TPSA) is 69.6 Å². The van der Waals surface area contributed by atoms with Crippen LogP contribution in [0.4, 0.5) is 10.1 Å². The Morgan fingerprint density at radius 2 is 1.74 bits per heavy atom. The quantitative estimate of drug-likeness (QED) is 0.778. The van der Waals surface area contributed by atoms with Crippen LogP contribution in [0.2, 0.25) is 0 Å². The van der Waals surface area contributed by atoms with E-state index in [0.29, 0.717) is 11.3 Å². The number of anilines is 1. The van der Waals surface area contributed by atoms with Crippen molar-refractivity contribution in [2.24, 2.45) is 0 Å². The van der Waals surface area contributed by atoms with Gasteiger partial charge < -0.3 is 15.5 Å². The zero-order chi connectivity index (χ0) is 14.0. The van der Waals surface area contributed by atoms with Crippen molar-refractivity contribution >= 4 is 11.6 Å². The van der Waals surface area contributed by atoms with Crippen LogP contribution in [-0.2, 0) is 0 Å². The van der Waals surface area contributed by atoms with Gasteiger partial charge in [-0.2, -0.15) is 0 Å². The predicted molar refractivity (Wildman–Crippen MR) is 68.9 cm³/mol. The lowest BCUT2D eigenvalue weighted by molar-refractivity contribution is 0.102. The lowest BCUT2D eigenvalue weighted by Gasteiger charge is -2.07. The van der Waals surface area contributed by atoms with Crippen molar-refractivity contribution in [2.45, 2.75) is 6.92 Å². The summed E-state index contributed by atoms with van der Waals surface area (Å²) < 4.78 is 13.1. The van der Waals surface area contributed by atoms with Crippen LogP contribution in [0.3, 0.4) is 0 Å². The fourth-order valence-corrected chi connectivity index (χ4v) is 1.65. The van der Waals surface area contributed by atoms with E-state index in [-0.39, 0.29) is 22.9 Å². The predicted octanol–water partition coefficient (Wildman–Crippen LogP) is 2.80. The molecule has 0 saturated carbocycles. The molecule has 98 valence electrons. The van der Waals surface area contributed by atoms with Gasteiger partial charge in [0.15, 0.2) is 0 Å². The summed E-state index contributed by atoms with van der Waals surface area (Å²) in [6, 6.07) is 7.76. The normalized spacial score (nSPS) is 10.2. The summed E-state index contributed by atoms with van der Waals surface area (Å²) in [6.07, 6.45) is 0. The minimum Gasteiger partial charge on any atom is -0.508 e. The van der Waals surface area contributed by atoms with Crippen LogP contribution in [0.25, 0.3) is 0 Å². The Morgan fingerprint density at radius 3 is 2.32 bits per heavy atom. The highest BCUT2D eigenvalue weighted by atomic mass is 19.1. The van der Waals surface area contributed by atoms with Gasteiger partial charge in [0.1, 0.15) is 17.3 Å². The highest BCUT2D eigenvalue weighted by Gasteiger charge is 2.09. The average Bonchev–Trinajstić information content (AvgIpc) is 2.32. The minimum atomic E-state index is -0.503. The van der Waals surface area contributed by atoms with Gasteiger partial charge in [0.05, 0.1) is 0 Å². The standard InChI is InChI=1S/C14H12FNO3/c1-8-4-10(2-3-13(8)15)16-14(19)9-5-11(17)7-12(18)6-9/h2-7,17-18H,1H3,(H,16,19). The molecule has 2 rings (SSSR count). The van der Waals surface area contributed by atoms with Gasteiger partial charge in [0.2, 0.25) is 0 Å². The second-order valence-electron chi connectivity index (χ2n) is 4.16. The molecule has 0 aliphatic heterocycles. The van der Waals surface area contributed by atoms with E-state index in [1.54, 1.807) is 6.92 Å².